The van der Waals surface area contributed by atoms with Crippen LogP contribution in [-0.2, 0) is 27.4 Å². The van der Waals surface area contributed by atoms with Gasteiger partial charge in [0.25, 0.3) is 0 Å². The van der Waals surface area contributed by atoms with Crippen molar-refractivity contribution in [2.24, 2.45) is 0 Å². The van der Waals surface area contributed by atoms with Crippen LogP contribution >= 0.6 is 0 Å². The summed E-state index contributed by atoms with van der Waals surface area (Å²) in [6.07, 6.45) is -3.90. The molecule has 5 atom stereocenters. The third-order valence-electron chi connectivity index (χ3n) is 4.67. The van der Waals surface area contributed by atoms with Crippen LogP contribution in [0.5, 0.6) is 0 Å². The summed E-state index contributed by atoms with van der Waals surface area (Å²) in [5.74, 6) is -1.72. The predicted molar refractivity (Wildman–Crippen MR) is 98.6 cm³/mol. The second-order valence-corrected chi connectivity index (χ2v) is 6.86. The van der Waals surface area contributed by atoms with Gasteiger partial charge in [0.05, 0.1) is 19.8 Å². The minimum atomic E-state index is -1.72. The minimum Gasteiger partial charge on any atom is -0.394 e. The van der Waals surface area contributed by atoms with E-state index >= 15 is 0 Å². The van der Waals surface area contributed by atoms with Gasteiger partial charge >= 0.3 is 0 Å². The first-order valence-electron chi connectivity index (χ1n) is 9.01. The third-order valence-corrected chi connectivity index (χ3v) is 4.67. The van der Waals surface area contributed by atoms with Crippen LogP contribution in [0.25, 0.3) is 0 Å². The lowest BCUT2D eigenvalue weighted by Crippen LogP contribution is -2.65. The monoisotopic (exact) mass is 374 g/mol. The second kappa shape index (κ2) is 8.93. The summed E-state index contributed by atoms with van der Waals surface area (Å²) in [4.78, 5) is 0. The van der Waals surface area contributed by atoms with Gasteiger partial charge in [0.1, 0.15) is 24.4 Å². The van der Waals surface area contributed by atoms with Gasteiger partial charge in [-0.15, -0.1) is 0 Å². The molecule has 27 heavy (non-hydrogen) atoms. The molecule has 3 N–H and O–H groups in total. The normalized spacial score (nSPS) is 31.0. The van der Waals surface area contributed by atoms with Crippen molar-refractivity contribution in [1.82, 2.24) is 0 Å². The Bertz CT molecular complexity index is 690. The van der Waals surface area contributed by atoms with Gasteiger partial charge in [-0.25, -0.2) is 0 Å². The van der Waals surface area contributed by atoms with Crippen molar-refractivity contribution in [1.29, 1.82) is 0 Å². The predicted octanol–water partition coefficient (Wildman–Crippen LogP) is 1.62. The zero-order valence-corrected chi connectivity index (χ0v) is 15.3. The lowest BCUT2D eigenvalue weighted by Gasteiger charge is -2.47. The molecule has 0 spiro atoms. The Balaban J connectivity index is 1.76. The molecule has 0 bridgehead atoms. The van der Waals surface area contributed by atoms with Crippen molar-refractivity contribution in [2.45, 2.75) is 50.3 Å². The van der Waals surface area contributed by atoms with Gasteiger partial charge in [-0.05, 0) is 18.1 Å². The summed E-state index contributed by atoms with van der Waals surface area (Å²) in [5.41, 5.74) is 1.85. The Kier molecular flexibility index (Phi) is 6.59. The fraction of sp³-hybridized carbons (Fsp3) is 0.429. The van der Waals surface area contributed by atoms with E-state index in [2.05, 4.69) is 0 Å². The molecule has 0 saturated carbocycles. The van der Waals surface area contributed by atoms with Gasteiger partial charge in [0.2, 0.25) is 0 Å². The quantitative estimate of drug-likeness (QED) is 0.683. The molecule has 2 aromatic carbocycles. The molecule has 146 valence electrons. The van der Waals surface area contributed by atoms with Crippen LogP contribution in [0.3, 0.4) is 0 Å². The Morgan fingerprint density at radius 1 is 0.926 bits per heavy atom. The number of hydrogen-bond acceptors (Lipinski definition) is 6. The molecule has 1 heterocycles. The van der Waals surface area contributed by atoms with E-state index < -0.39 is 36.8 Å². The fourth-order valence-corrected chi connectivity index (χ4v) is 3.25. The topological polar surface area (TPSA) is 88.4 Å². The number of aliphatic hydroxyl groups is 3. The Labute approximate surface area is 158 Å². The van der Waals surface area contributed by atoms with Crippen LogP contribution < -0.4 is 0 Å². The van der Waals surface area contributed by atoms with Gasteiger partial charge in [-0.2, -0.15) is 0 Å². The van der Waals surface area contributed by atoms with Crippen LogP contribution in [0, 0.1) is 0 Å². The fourth-order valence-electron chi connectivity index (χ4n) is 3.25. The van der Waals surface area contributed by atoms with Crippen molar-refractivity contribution >= 4 is 0 Å². The van der Waals surface area contributed by atoms with E-state index in [1.54, 1.807) is 0 Å². The number of ether oxygens (including phenoxy) is 3. The molecule has 1 saturated heterocycles. The zero-order valence-electron chi connectivity index (χ0n) is 15.3. The average Bonchev–Trinajstić information content (AvgIpc) is 2.69. The van der Waals surface area contributed by atoms with Crippen LogP contribution in [0.4, 0.5) is 0 Å². The first-order valence-corrected chi connectivity index (χ1v) is 9.01. The SMILES string of the molecule is C[C@@]1(O)O[C@H](CO)[C@@H](O)[C@H](OCc2ccccc2)[C@H]1OCc1ccccc1. The maximum absolute atomic E-state index is 10.7. The number of rotatable bonds is 7. The maximum Gasteiger partial charge on any atom is 0.192 e. The minimum absolute atomic E-state index is 0.229. The summed E-state index contributed by atoms with van der Waals surface area (Å²) >= 11 is 0. The number of aliphatic hydroxyl groups excluding tert-OH is 2. The van der Waals surface area contributed by atoms with Gasteiger partial charge in [0.15, 0.2) is 5.79 Å². The molecular formula is C21H26O6. The number of benzene rings is 2. The molecule has 6 nitrogen and oxygen atoms in total. The molecule has 1 aliphatic rings. The van der Waals surface area contributed by atoms with Crippen molar-refractivity contribution in [3.63, 3.8) is 0 Å². The average molecular weight is 374 g/mol. The molecule has 0 unspecified atom stereocenters. The van der Waals surface area contributed by atoms with E-state index in [1.165, 1.54) is 6.92 Å². The van der Waals surface area contributed by atoms with E-state index in [9.17, 15) is 15.3 Å². The molecule has 3 rings (SSSR count). The molecule has 0 amide bonds. The molecule has 1 fully saturated rings. The van der Waals surface area contributed by atoms with Crippen molar-refractivity contribution < 1.29 is 29.5 Å². The van der Waals surface area contributed by atoms with Gasteiger partial charge in [-0.3, -0.25) is 0 Å². The van der Waals surface area contributed by atoms with Crippen molar-refractivity contribution in [3.8, 4) is 0 Å². The second-order valence-electron chi connectivity index (χ2n) is 6.86. The van der Waals surface area contributed by atoms with E-state index in [0.29, 0.717) is 0 Å². The standard InChI is InChI=1S/C21H26O6/c1-21(24)20(26-14-16-10-6-3-7-11-16)19(18(23)17(12-22)27-21)25-13-15-8-4-2-5-9-15/h2-11,17-20,22-24H,12-14H2,1H3/t17-,18-,19+,20-,21-/m1/s1. The van der Waals surface area contributed by atoms with Gasteiger partial charge < -0.3 is 29.5 Å². The van der Waals surface area contributed by atoms with Crippen LogP contribution in [0.15, 0.2) is 60.7 Å². The van der Waals surface area contributed by atoms with Gasteiger partial charge in [0, 0.05) is 0 Å². The third kappa shape index (κ3) is 4.93. The zero-order chi connectivity index (χ0) is 19.3. The van der Waals surface area contributed by atoms with Gasteiger partial charge in [-0.1, -0.05) is 60.7 Å². The summed E-state index contributed by atoms with van der Waals surface area (Å²) < 4.78 is 17.3. The maximum atomic E-state index is 10.7. The van der Waals surface area contributed by atoms with Crippen LogP contribution in [0.2, 0.25) is 0 Å². The summed E-state index contributed by atoms with van der Waals surface area (Å²) in [7, 11) is 0. The summed E-state index contributed by atoms with van der Waals surface area (Å²) in [5, 5.41) is 30.9. The highest BCUT2D eigenvalue weighted by Crippen LogP contribution is 2.33. The molecular weight excluding hydrogens is 348 g/mol. The van der Waals surface area contributed by atoms with Crippen molar-refractivity contribution in [2.75, 3.05) is 6.61 Å². The van der Waals surface area contributed by atoms with E-state index in [1.807, 2.05) is 60.7 Å². The van der Waals surface area contributed by atoms with Crippen LogP contribution in [0.1, 0.15) is 18.1 Å². The lowest BCUT2D eigenvalue weighted by molar-refractivity contribution is -0.357. The summed E-state index contributed by atoms with van der Waals surface area (Å²) in [6.45, 7) is 1.48. The Morgan fingerprint density at radius 2 is 1.44 bits per heavy atom. The molecule has 1 aliphatic heterocycles. The molecule has 2 aromatic rings. The van der Waals surface area contributed by atoms with E-state index in [-0.39, 0.29) is 13.2 Å². The lowest BCUT2D eigenvalue weighted by atomic mass is 9.93. The van der Waals surface area contributed by atoms with Crippen LogP contribution in [-0.4, -0.2) is 52.1 Å². The Hall–Kier alpha value is -1.80. The summed E-state index contributed by atoms with van der Waals surface area (Å²) in [6, 6.07) is 19.0. The van der Waals surface area contributed by atoms with Crippen molar-refractivity contribution in [3.05, 3.63) is 71.8 Å². The van der Waals surface area contributed by atoms with E-state index in [4.69, 9.17) is 14.2 Å². The Morgan fingerprint density at radius 3 is 1.96 bits per heavy atom. The molecule has 6 heteroatoms. The first-order chi connectivity index (χ1) is 13.0. The smallest absolute Gasteiger partial charge is 0.192 e. The highest BCUT2D eigenvalue weighted by Gasteiger charge is 2.52. The highest BCUT2D eigenvalue weighted by molar-refractivity contribution is 5.14. The molecule has 0 aliphatic carbocycles. The molecule has 0 aromatic heterocycles. The molecule has 0 radical (unpaired) electrons. The highest BCUT2D eigenvalue weighted by atomic mass is 16.7. The largest absolute Gasteiger partial charge is 0.394 e. The first kappa shape index (κ1) is 19.9. The number of hydrogen-bond donors (Lipinski definition) is 3. The van der Waals surface area contributed by atoms with E-state index in [0.717, 1.165) is 11.1 Å².